The summed E-state index contributed by atoms with van der Waals surface area (Å²) < 4.78 is 5.93. The van der Waals surface area contributed by atoms with Crippen molar-refractivity contribution in [3.05, 3.63) is 29.8 Å². The van der Waals surface area contributed by atoms with Crippen LogP contribution in [0.3, 0.4) is 0 Å². The van der Waals surface area contributed by atoms with Crippen LogP contribution in [0.5, 0.6) is 5.75 Å². The highest BCUT2D eigenvalue weighted by Gasteiger charge is 2.47. The van der Waals surface area contributed by atoms with Gasteiger partial charge in [-0.15, -0.1) is 0 Å². The van der Waals surface area contributed by atoms with Gasteiger partial charge in [0.15, 0.2) is 0 Å². The molecule has 1 aliphatic carbocycles. The Morgan fingerprint density at radius 1 is 1.33 bits per heavy atom. The average Bonchev–Trinajstić information content (AvgIpc) is 2.45. The fourth-order valence-corrected chi connectivity index (χ4v) is 4.56. The van der Waals surface area contributed by atoms with Crippen molar-refractivity contribution in [2.24, 2.45) is 5.92 Å². The highest BCUT2D eigenvalue weighted by atomic mass is 16.5. The minimum atomic E-state index is 0.242. The maximum absolute atomic E-state index is 5.93. The van der Waals surface area contributed by atoms with Crippen LogP contribution in [0.15, 0.2) is 24.3 Å². The summed E-state index contributed by atoms with van der Waals surface area (Å²) in [6, 6.07) is 9.68. The van der Waals surface area contributed by atoms with Gasteiger partial charge in [-0.1, -0.05) is 25.5 Å². The average molecular weight is 287 g/mol. The van der Waals surface area contributed by atoms with E-state index >= 15 is 0 Å². The minimum absolute atomic E-state index is 0.242. The summed E-state index contributed by atoms with van der Waals surface area (Å²) in [6.07, 6.45) is 5.62. The number of benzene rings is 1. The topological polar surface area (TPSA) is 12.5 Å². The van der Waals surface area contributed by atoms with Gasteiger partial charge in [0.25, 0.3) is 0 Å². The molecule has 116 valence electrons. The van der Waals surface area contributed by atoms with Gasteiger partial charge in [-0.25, -0.2) is 0 Å². The van der Waals surface area contributed by atoms with Gasteiger partial charge in [-0.3, -0.25) is 0 Å². The van der Waals surface area contributed by atoms with E-state index in [0.717, 1.165) is 11.8 Å². The second-order valence-electron chi connectivity index (χ2n) is 7.44. The number of piperidine rings is 1. The molecule has 2 nitrogen and oxygen atoms in total. The standard InChI is InChI=1S/C19H29NO/c1-14(2)21-18-9-5-7-16(11-18)19-10-6-8-17(12-19)20(4)13-15(19)3/h5,7,9,11,14-15,17H,6,8,10,12-13H2,1-4H3/t15-,17-,19+/m1/s1. The normalized spacial score (nSPS) is 33.2. The molecule has 1 aromatic carbocycles. The third-order valence-electron chi connectivity index (χ3n) is 5.67. The van der Waals surface area contributed by atoms with E-state index in [-0.39, 0.29) is 6.10 Å². The van der Waals surface area contributed by atoms with Crippen molar-refractivity contribution in [3.63, 3.8) is 0 Å². The molecule has 3 atom stereocenters. The molecule has 2 bridgehead atoms. The molecule has 0 N–H and O–H groups in total. The van der Waals surface area contributed by atoms with Gasteiger partial charge in [0.1, 0.15) is 5.75 Å². The SMILES string of the molecule is CC(C)Oc1cccc([C@@]23CCC[C@H](C2)N(C)C[C@H]3C)c1. The van der Waals surface area contributed by atoms with E-state index in [4.69, 9.17) is 4.74 Å². The minimum Gasteiger partial charge on any atom is -0.491 e. The predicted molar refractivity (Wildman–Crippen MR) is 87.9 cm³/mol. The summed E-state index contributed by atoms with van der Waals surface area (Å²) >= 11 is 0. The number of ether oxygens (including phenoxy) is 1. The number of hydrogen-bond acceptors (Lipinski definition) is 2. The summed E-state index contributed by atoms with van der Waals surface area (Å²) in [5, 5.41) is 0. The van der Waals surface area contributed by atoms with Gasteiger partial charge in [-0.2, -0.15) is 0 Å². The first-order valence-corrected chi connectivity index (χ1v) is 8.49. The predicted octanol–water partition coefficient (Wildman–Crippen LogP) is 4.24. The van der Waals surface area contributed by atoms with Crippen LogP contribution in [-0.4, -0.2) is 30.6 Å². The number of rotatable bonds is 3. The van der Waals surface area contributed by atoms with E-state index in [1.807, 2.05) is 0 Å². The summed E-state index contributed by atoms with van der Waals surface area (Å²) in [4.78, 5) is 2.58. The fraction of sp³-hybridized carbons (Fsp3) is 0.684. The van der Waals surface area contributed by atoms with Crippen molar-refractivity contribution in [2.45, 2.75) is 64.0 Å². The molecule has 0 spiro atoms. The lowest BCUT2D eigenvalue weighted by molar-refractivity contribution is 0.0265. The molecule has 21 heavy (non-hydrogen) atoms. The molecule has 0 aromatic heterocycles. The van der Waals surface area contributed by atoms with Crippen molar-refractivity contribution in [2.75, 3.05) is 13.6 Å². The maximum atomic E-state index is 5.93. The third kappa shape index (κ3) is 2.70. The van der Waals surface area contributed by atoms with Crippen molar-refractivity contribution >= 4 is 0 Å². The second-order valence-corrected chi connectivity index (χ2v) is 7.44. The highest BCUT2D eigenvalue weighted by molar-refractivity contribution is 5.36. The van der Waals surface area contributed by atoms with Gasteiger partial charge < -0.3 is 9.64 Å². The maximum Gasteiger partial charge on any atom is 0.119 e. The summed E-state index contributed by atoms with van der Waals surface area (Å²) in [7, 11) is 2.30. The summed E-state index contributed by atoms with van der Waals surface area (Å²) in [5.74, 6) is 1.75. The largest absolute Gasteiger partial charge is 0.491 e. The molecule has 1 aromatic rings. The Kier molecular flexibility index (Phi) is 4.00. The highest BCUT2D eigenvalue weighted by Crippen LogP contribution is 2.50. The van der Waals surface area contributed by atoms with E-state index in [9.17, 15) is 0 Å². The van der Waals surface area contributed by atoms with Crippen LogP contribution in [0.4, 0.5) is 0 Å². The van der Waals surface area contributed by atoms with E-state index in [0.29, 0.717) is 11.3 Å². The zero-order valence-corrected chi connectivity index (χ0v) is 13.9. The Hall–Kier alpha value is -1.02. The Balaban J connectivity index is 1.93. The molecular weight excluding hydrogens is 258 g/mol. The van der Waals surface area contributed by atoms with Crippen LogP contribution < -0.4 is 4.74 Å². The van der Waals surface area contributed by atoms with Crippen LogP contribution in [0, 0.1) is 5.92 Å². The lowest BCUT2D eigenvalue weighted by Crippen LogP contribution is -2.54. The Morgan fingerprint density at radius 2 is 2.14 bits per heavy atom. The lowest BCUT2D eigenvalue weighted by atomic mass is 9.59. The zero-order chi connectivity index (χ0) is 15.0. The lowest BCUT2D eigenvalue weighted by Gasteiger charge is -2.53. The van der Waals surface area contributed by atoms with Crippen LogP contribution in [0.25, 0.3) is 0 Å². The summed E-state index contributed by atoms with van der Waals surface area (Å²) in [6.45, 7) is 7.85. The number of hydrogen-bond donors (Lipinski definition) is 0. The number of nitrogens with zero attached hydrogens (tertiary/aromatic N) is 1. The molecule has 3 rings (SSSR count). The van der Waals surface area contributed by atoms with Gasteiger partial charge >= 0.3 is 0 Å². The molecular formula is C19H29NO. The molecule has 2 aliphatic rings. The van der Waals surface area contributed by atoms with Crippen LogP contribution in [-0.2, 0) is 5.41 Å². The third-order valence-corrected chi connectivity index (χ3v) is 5.67. The van der Waals surface area contributed by atoms with Gasteiger partial charge in [-0.05, 0) is 63.8 Å². The fourth-order valence-electron chi connectivity index (χ4n) is 4.56. The Labute approximate surface area is 129 Å². The molecule has 0 radical (unpaired) electrons. The molecule has 2 heteroatoms. The monoisotopic (exact) mass is 287 g/mol. The number of fused-ring (bicyclic) bond motifs is 2. The first-order valence-electron chi connectivity index (χ1n) is 8.49. The van der Waals surface area contributed by atoms with Crippen molar-refractivity contribution in [1.29, 1.82) is 0 Å². The molecule has 0 unspecified atom stereocenters. The molecule has 0 amide bonds. The molecule has 1 saturated heterocycles. The van der Waals surface area contributed by atoms with Gasteiger partial charge in [0, 0.05) is 18.0 Å². The molecule has 1 saturated carbocycles. The van der Waals surface area contributed by atoms with Crippen LogP contribution in [0.1, 0.15) is 52.0 Å². The quantitative estimate of drug-likeness (QED) is 0.824. The van der Waals surface area contributed by atoms with Crippen molar-refractivity contribution in [1.82, 2.24) is 4.90 Å². The Bertz CT molecular complexity index is 498. The first kappa shape index (κ1) is 14.9. The Morgan fingerprint density at radius 3 is 2.90 bits per heavy atom. The van der Waals surface area contributed by atoms with E-state index in [1.165, 1.54) is 37.8 Å². The van der Waals surface area contributed by atoms with Crippen molar-refractivity contribution in [3.8, 4) is 5.75 Å². The van der Waals surface area contributed by atoms with E-state index in [1.54, 1.807) is 0 Å². The van der Waals surface area contributed by atoms with Crippen molar-refractivity contribution < 1.29 is 4.74 Å². The smallest absolute Gasteiger partial charge is 0.119 e. The molecule has 2 fully saturated rings. The van der Waals surface area contributed by atoms with E-state index < -0.39 is 0 Å². The van der Waals surface area contributed by atoms with E-state index in [2.05, 4.69) is 57.0 Å². The number of likely N-dealkylation sites (tertiary alicyclic amines) is 1. The van der Waals surface area contributed by atoms with Crippen LogP contribution in [0.2, 0.25) is 0 Å². The van der Waals surface area contributed by atoms with Gasteiger partial charge in [0.2, 0.25) is 0 Å². The second kappa shape index (κ2) is 5.64. The van der Waals surface area contributed by atoms with Crippen LogP contribution >= 0.6 is 0 Å². The summed E-state index contributed by atoms with van der Waals surface area (Å²) in [5.41, 5.74) is 1.87. The zero-order valence-electron chi connectivity index (χ0n) is 13.9. The molecule has 1 aliphatic heterocycles. The first-order chi connectivity index (χ1) is 10.0. The molecule has 1 heterocycles. The van der Waals surface area contributed by atoms with Gasteiger partial charge in [0.05, 0.1) is 6.10 Å².